The average Bonchev–Trinajstić information content (AvgIpc) is 2.91. The van der Waals surface area contributed by atoms with Gasteiger partial charge in [0.2, 0.25) is 0 Å². The van der Waals surface area contributed by atoms with Crippen LogP contribution in [0.5, 0.6) is 0 Å². The molecule has 0 aliphatic heterocycles. The van der Waals surface area contributed by atoms with Crippen molar-refractivity contribution in [1.82, 2.24) is 5.43 Å². The van der Waals surface area contributed by atoms with Crippen LogP contribution in [0.3, 0.4) is 0 Å². The third-order valence-electron chi connectivity index (χ3n) is 2.70. The molecule has 1 aromatic carbocycles. The van der Waals surface area contributed by atoms with Crippen molar-refractivity contribution < 1.29 is 4.79 Å². The Morgan fingerprint density at radius 1 is 1.35 bits per heavy atom. The van der Waals surface area contributed by atoms with Crippen LogP contribution in [0.1, 0.15) is 17.4 Å². The second-order valence-electron chi connectivity index (χ2n) is 4.49. The molecule has 104 valence electrons. The summed E-state index contributed by atoms with van der Waals surface area (Å²) in [5.74, 6) is -0.167. The molecule has 1 unspecified atom stereocenters. The van der Waals surface area contributed by atoms with E-state index in [0.29, 0.717) is 0 Å². The zero-order valence-corrected chi connectivity index (χ0v) is 12.3. The number of aryl methyl sites for hydroxylation is 1. The molecule has 2 rings (SSSR count). The van der Waals surface area contributed by atoms with Crippen molar-refractivity contribution in [3.05, 3.63) is 52.2 Å². The minimum atomic E-state index is -0.350. The van der Waals surface area contributed by atoms with E-state index in [4.69, 9.17) is 0 Å². The van der Waals surface area contributed by atoms with E-state index in [-0.39, 0.29) is 11.9 Å². The first kappa shape index (κ1) is 14.3. The van der Waals surface area contributed by atoms with Crippen LogP contribution in [0.4, 0.5) is 5.69 Å². The van der Waals surface area contributed by atoms with E-state index in [1.165, 1.54) is 0 Å². The molecule has 1 atom stereocenters. The number of nitrogens with one attached hydrogen (secondary N) is 2. The number of amides is 1. The Morgan fingerprint density at radius 2 is 2.20 bits per heavy atom. The highest BCUT2D eigenvalue weighted by molar-refractivity contribution is 7.11. The molecular formula is C15H17N3OS. The third-order valence-corrected chi connectivity index (χ3v) is 3.51. The van der Waals surface area contributed by atoms with Gasteiger partial charge >= 0.3 is 0 Å². The molecule has 0 saturated carbocycles. The molecule has 1 amide bonds. The molecule has 0 spiro atoms. The van der Waals surface area contributed by atoms with Crippen molar-refractivity contribution in [3.63, 3.8) is 0 Å². The zero-order valence-electron chi connectivity index (χ0n) is 11.5. The van der Waals surface area contributed by atoms with Crippen LogP contribution in [0, 0.1) is 6.92 Å². The smallest absolute Gasteiger partial charge is 0.262 e. The monoisotopic (exact) mass is 287 g/mol. The first-order valence-electron chi connectivity index (χ1n) is 6.35. The molecule has 20 heavy (non-hydrogen) atoms. The number of anilines is 1. The van der Waals surface area contributed by atoms with E-state index in [9.17, 15) is 4.79 Å². The average molecular weight is 287 g/mol. The summed E-state index contributed by atoms with van der Waals surface area (Å²) < 4.78 is 0. The number of benzene rings is 1. The van der Waals surface area contributed by atoms with Crippen LogP contribution in [0.2, 0.25) is 0 Å². The van der Waals surface area contributed by atoms with Crippen LogP contribution in [-0.4, -0.2) is 18.2 Å². The van der Waals surface area contributed by atoms with Crippen molar-refractivity contribution in [1.29, 1.82) is 0 Å². The van der Waals surface area contributed by atoms with Gasteiger partial charge in [0.25, 0.3) is 5.91 Å². The van der Waals surface area contributed by atoms with Crippen molar-refractivity contribution in [2.45, 2.75) is 19.9 Å². The van der Waals surface area contributed by atoms with Crippen molar-refractivity contribution in [3.8, 4) is 0 Å². The summed E-state index contributed by atoms with van der Waals surface area (Å²) in [7, 11) is 0. The highest BCUT2D eigenvalue weighted by Crippen LogP contribution is 2.10. The Bertz CT molecular complexity index is 593. The minimum absolute atomic E-state index is 0.167. The fourth-order valence-electron chi connectivity index (χ4n) is 1.67. The lowest BCUT2D eigenvalue weighted by Gasteiger charge is -2.13. The van der Waals surface area contributed by atoms with Gasteiger partial charge in [0.05, 0.1) is 6.21 Å². The summed E-state index contributed by atoms with van der Waals surface area (Å²) in [5.41, 5.74) is 4.61. The van der Waals surface area contributed by atoms with E-state index < -0.39 is 0 Å². The second-order valence-corrected chi connectivity index (χ2v) is 5.46. The number of carbonyl (C=O) groups is 1. The molecule has 1 heterocycles. The van der Waals surface area contributed by atoms with E-state index in [1.54, 1.807) is 24.5 Å². The van der Waals surface area contributed by atoms with Crippen LogP contribution in [0.15, 0.2) is 46.9 Å². The molecule has 2 aromatic rings. The van der Waals surface area contributed by atoms with Crippen LogP contribution >= 0.6 is 11.3 Å². The molecule has 5 heteroatoms. The predicted octanol–water partition coefficient (Wildman–Crippen LogP) is 3.01. The molecule has 0 saturated heterocycles. The molecule has 0 aliphatic rings. The standard InChI is InChI=1S/C15H17N3OS/c1-11-5-3-6-13(9-11)17-12(2)15(19)18-16-10-14-7-4-8-20-14/h3-10,12,17H,1-2H3,(H,18,19). The maximum absolute atomic E-state index is 11.9. The van der Waals surface area contributed by atoms with E-state index in [1.807, 2.05) is 48.7 Å². The number of rotatable bonds is 5. The summed E-state index contributed by atoms with van der Waals surface area (Å²) in [5, 5.41) is 9.05. The van der Waals surface area contributed by atoms with Crippen LogP contribution < -0.4 is 10.7 Å². The molecule has 0 radical (unpaired) electrons. The van der Waals surface area contributed by atoms with Gasteiger partial charge < -0.3 is 5.32 Å². The summed E-state index contributed by atoms with van der Waals surface area (Å²) in [4.78, 5) is 12.9. The van der Waals surface area contributed by atoms with Gasteiger partial charge in [-0.2, -0.15) is 5.10 Å². The fraction of sp³-hybridized carbons (Fsp3) is 0.200. The highest BCUT2D eigenvalue weighted by Gasteiger charge is 2.11. The Morgan fingerprint density at radius 3 is 2.90 bits per heavy atom. The summed E-state index contributed by atoms with van der Waals surface area (Å²) in [6.07, 6.45) is 1.64. The van der Waals surface area contributed by atoms with Crippen molar-refractivity contribution >= 4 is 29.1 Å². The molecule has 0 bridgehead atoms. The van der Waals surface area contributed by atoms with E-state index >= 15 is 0 Å². The quantitative estimate of drug-likeness (QED) is 0.656. The first-order valence-corrected chi connectivity index (χ1v) is 7.23. The van der Waals surface area contributed by atoms with Gasteiger partial charge in [0.15, 0.2) is 0 Å². The maximum Gasteiger partial charge on any atom is 0.262 e. The number of hydrogen-bond donors (Lipinski definition) is 2. The van der Waals surface area contributed by atoms with Gasteiger partial charge in [-0.15, -0.1) is 11.3 Å². The number of hydrazone groups is 1. The van der Waals surface area contributed by atoms with Gasteiger partial charge in [-0.1, -0.05) is 18.2 Å². The van der Waals surface area contributed by atoms with E-state index in [2.05, 4.69) is 15.8 Å². The predicted molar refractivity (Wildman–Crippen MR) is 84.3 cm³/mol. The number of thiophene rings is 1. The molecule has 0 aliphatic carbocycles. The third kappa shape index (κ3) is 4.20. The van der Waals surface area contributed by atoms with Crippen molar-refractivity contribution in [2.75, 3.05) is 5.32 Å². The SMILES string of the molecule is Cc1cccc(NC(C)C(=O)NN=Cc2cccs2)c1. The lowest BCUT2D eigenvalue weighted by Crippen LogP contribution is -2.34. The highest BCUT2D eigenvalue weighted by atomic mass is 32.1. The summed E-state index contributed by atoms with van der Waals surface area (Å²) in [6.45, 7) is 3.82. The van der Waals surface area contributed by atoms with Crippen LogP contribution in [0.25, 0.3) is 0 Å². The van der Waals surface area contributed by atoms with E-state index in [0.717, 1.165) is 16.1 Å². The van der Waals surface area contributed by atoms with Crippen molar-refractivity contribution in [2.24, 2.45) is 5.10 Å². The Hall–Kier alpha value is -2.14. The summed E-state index contributed by atoms with van der Waals surface area (Å²) >= 11 is 1.57. The topological polar surface area (TPSA) is 53.5 Å². The normalized spacial score (nSPS) is 12.3. The Labute approximate surface area is 122 Å². The van der Waals surface area contributed by atoms with Gasteiger partial charge in [-0.3, -0.25) is 4.79 Å². The lowest BCUT2D eigenvalue weighted by molar-refractivity contribution is -0.121. The second kappa shape index (κ2) is 6.86. The number of hydrogen-bond acceptors (Lipinski definition) is 4. The minimum Gasteiger partial charge on any atom is -0.374 e. The first-order chi connectivity index (χ1) is 9.65. The number of nitrogens with zero attached hydrogens (tertiary/aromatic N) is 1. The van der Waals surface area contributed by atoms with Gasteiger partial charge in [0.1, 0.15) is 6.04 Å². The summed E-state index contributed by atoms with van der Waals surface area (Å²) in [6, 6.07) is 11.4. The molecular weight excluding hydrogens is 270 g/mol. The van der Waals surface area contributed by atoms with Gasteiger partial charge in [-0.05, 0) is 43.0 Å². The Balaban J connectivity index is 1.86. The van der Waals surface area contributed by atoms with Crippen LogP contribution in [-0.2, 0) is 4.79 Å². The zero-order chi connectivity index (χ0) is 14.4. The van der Waals surface area contributed by atoms with Gasteiger partial charge in [0, 0.05) is 10.6 Å². The van der Waals surface area contributed by atoms with Gasteiger partial charge in [-0.25, -0.2) is 5.43 Å². The number of carbonyl (C=O) groups excluding carboxylic acids is 1. The lowest BCUT2D eigenvalue weighted by atomic mass is 10.2. The largest absolute Gasteiger partial charge is 0.374 e. The fourth-order valence-corrected chi connectivity index (χ4v) is 2.26. The molecule has 4 nitrogen and oxygen atoms in total. The molecule has 1 aromatic heterocycles. The Kier molecular flexibility index (Phi) is 4.90. The molecule has 0 fully saturated rings. The molecule has 2 N–H and O–H groups in total. The maximum atomic E-state index is 11.9.